The normalized spacial score (nSPS) is 24.3. The number of hydrogen-bond donors (Lipinski definition) is 1. The summed E-state index contributed by atoms with van der Waals surface area (Å²) in [5.74, 6) is 2.60. The van der Waals surface area contributed by atoms with Crippen molar-refractivity contribution < 1.29 is 9.53 Å². The van der Waals surface area contributed by atoms with Gasteiger partial charge in [-0.15, -0.1) is 0 Å². The minimum Gasteiger partial charge on any atom is -0.497 e. The summed E-state index contributed by atoms with van der Waals surface area (Å²) in [6.07, 6.45) is 2.38. The number of amides is 1. The second-order valence-electron chi connectivity index (χ2n) is 7.79. The van der Waals surface area contributed by atoms with Crippen LogP contribution in [0, 0.1) is 18.8 Å². The highest BCUT2D eigenvalue weighted by Gasteiger charge is 2.47. The topological polar surface area (TPSA) is 54.5 Å². The van der Waals surface area contributed by atoms with Gasteiger partial charge in [0.05, 0.1) is 18.8 Å². The Morgan fingerprint density at radius 2 is 2.04 bits per heavy atom. The number of pyridine rings is 1. The van der Waals surface area contributed by atoms with Crippen LogP contribution in [0.4, 0.5) is 11.5 Å². The Hall–Kier alpha value is -2.56. The first-order valence-electron chi connectivity index (χ1n) is 9.67. The molecule has 1 aromatic heterocycles. The van der Waals surface area contributed by atoms with E-state index in [4.69, 9.17) is 4.74 Å². The molecule has 1 fully saturated rings. The molecule has 0 unspecified atom stereocenters. The summed E-state index contributed by atoms with van der Waals surface area (Å²) in [6.45, 7) is 5.92. The SMILES string of the molecule is COc1ccc2c(c1)N(C(C)=O)[C@@H](C1CC1)[C@H](C)[C@H]2Nc1cccc(C)n1. The molecule has 1 amide bonds. The van der Waals surface area contributed by atoms with E-state index in [9.17, 15) is 4.79 Å². The van der Waals surface area contributed by atoms with E-state index in [2.05, 4.69) is 23.3 Å². The number of hydrogen-bond acceptors (Lipinski definition) is 4. The van der Waals surface area contributed by atoms with Crippen molar-refractivity contribution in [2.24, 2.45) is 11.8 Å². The van der Waals surface area contributed by atoms with E-state index < -0.39 is 0 Å². The van der Waals surface area contributed by atoms with Crippen LogP contribution >= 0.6 is 0 Å². The lowest BCUT2D eigenvalue weighted by Gasteiger charge is -2.46. The summed E-state index contributed by atoms with van der Waals surface area (Å²) < 4.78 is 5.45. The number of nitrogens with one attached hydrogen (secondary N) is 1. The van der Waals surface area contributed by atoms with Gasteiger partial charge in [-0.1, -0.05) is 19.1 Å². The quantitative estimate of drug-likeness (QED) is 0.876. The van der Waals surface area contributed by atoms with Crippen LogP contribution in [0.1, 0.15) is 44.0 Å². The third-order valence-corrected chi connectivity index (χ3v) is 5.83. The molecule has 1 aliphatic heterocycles. The summed E-state index contributed by atoms with van der Waals surface area (Å²) >= 11 is 0. The molecule has 27 heavy (non-hydrogen) atoms. The number of benzene rings is 1. The summed E-state index contributed by atoms with van der Waals surface area (Å²) in [4.78, 5) is 19.2. The third-order valence-electron chi connectivity index (χ3n) is 5.83. The fraction of sp³-hybridized carbons (Fsp3) is 0.455. The average molecular weight is 365 g/mol. The van der Waals surface area contributed by atoms with Gasteiger partial charge < -0.3 is 15.0 Å². The van der Waals surface area contributed by atoms with Crippen LogP contribution in [0.3, 0.4) is 0 Å². The molecule has 2 aliphatic rings. The molecule has 2 aromatic rings. The average Bonchev–Trinajstić information content (AvgIpc) is 3.47. The molecule has 5 nitrogen and oxygen atoms in total. The number of nitrogens with zero attached hydrogens (tertiary/aromatic N) is 2. The minimum atomic E-state index is 0.0976. The number of methoxy groups -OCH3 is 1. The minimum absolute atomic E-state index is 0.0976. The van der Waals surface area contributed by atoms with Crippen molar-refractivity contribution in [1.82, 2.24) is 4.98 Å². The van der Waals surface area contributed by atoms with Gasteiger partial charge in [-0.25, -0.2) is 4.98 Å². The molecule has 1 aliphatic carbocycles. The van der Waals surface area contributed by atoms with Crippen LogP contribution < -0.4 is 15.0 Å². The highest BCUT2D eigenvalue weighted by atomic mass is 16.5. The number of anilines is 2. The second kappa shape index (κ2) is 6.87. The van der Waals surface area contributed by atoms with Crippen molar-refractivity contribution >= 4 is 17.4 Å². The van der Waals surface area contributed by atoms with E-state index in [1.165, 1.54) is 12.8 Å². The fourth-order valence-corrected chi connectivity index (χ4v) is 4.45. The number of aromatic nitrogens is 1. The van der Waals surface area contributed by atoms with Gasteiger partial charge in [-0.3, -0.25) is 4.79 Å². The maximum Gasteiger partial charge on any atom is 0.224 e. The molecule has 0 radical (unpaired) electrons. The van der Waals surface area contributed by atoms with Gasteiger partial charge in [-0.05, 0) is 49.4 Å². The second-order valence-corrected chi connectivity index (χ2v) is 7.79. The zero-order chi connectivity index (χ0) is 19.1. The first kappa shape index (κ1) is 17.8. The standard InChI is InChI=1S/C22H27N3O2/c1-13-6-5-7-20(23-13)24-21-14(2)22(16-8-9-16)25(15(3)26)19-12-17(27-4)10-11-18(19)21/h5-7,10-12,14,16,21-22H,8-9H2,1-4H3,(H,23,24)/t14-,21-,22-/m1/s1. The molecule has 5 heteroatoms. The lowest BCUT2D eigenvalue weighted by molar-refractivity contribution is -0.117. The monoisotopic (exact) mass is 365 g/mol. The van der Waals surface area contributed by atoms with Gasteiger partial charge in [0.25, 0.3) is 0 Å². The first-order chi connectivity index (χ1) is 13.0. The third kappa shape index (κ3) is 3.27. The van der Waals surface area contributed by atoms with Gasteiger partial charge in [0.15, 0.2) is 0 Å². The maximum absolute atomic E-state index is 12.6. The highest BCUT2D eigenvalue weighted by molar-refractivity contribution is 5.94. The van der Waals surface area contributed by atoms with E-state index >= 15 is 0 Å². The van der Waals surface area contributed by atoms with Crippen molar-refractivity contribution in [3.63, 3.8) is 0 Å². The summed E-state index contributed by atoms with van der Waals surface area (Å²) in [6, 6.07) is 12.4. The van der Waals surface area contributed by atoms with Crippen molar-refractivity contribution in [3.8, 4) is 5.75 Å². The van der Waals surface area contributed by atoms with E-state index in [0.29, 0.717) is 5.92 Å². The predicted molar refractivity (Wildman–Crippen MR) is 107 cm³/mol. The van der Waals surface area contributed by atoms with Crippen molar-refractivity contribution in [1.29, 1.82) is 0 Å². The molecule has 0 bridgehead atoms. The maximum atomic E-state index is 12.6. The summed E-state index contributed by atoms with van der Waals surface area (Å²) in [5, 5.41) is 3.65. The molecule has 4 rings (SSSR count). The number of ether oxygens (including phenoxy) is 1. The molecule has 0 saturated heterocycles. The van der Waals surface area contributed by atoms with Gasteiger partial charge >= 0.3 is 0 Å². The molecule has 3 atom stereocenters. The van der Waals surface area contributed by atoms with Crippen molar-refractivity contribution in [2.45, 2.75) is 45.7 Å². The molecule has 1 N–H and O–H groups in total. The molecule has 142 valence electrons. The van der Waals surface area contributed by atoms with E-state index in [0.717, 1.165) is 28.5 Å². The Kier molecular flexibility index (Phi) is 4.54. The van der Waals surface area contributed by atoms with Crippen LogP contribution in [0.15, 0.2) is 36.4 Å². The Bertz CT molecular complexity index is 862. The number of rotatable bonds is 4. The molecule has 1 aromatic carbocycles. The zero-order valence-corrected chi connectivity index (χ0v) is 16.4. The lowest BCUT2D eigenvalue weighted by atomic mass is 9.80. The Morgan fingerprint density at radius 3 is 2.67 bits per heavy atom. The largest absolute Gasteiger partial charge is 0.497 e. The molecular weight excluding hydrogens is 338 g/mol. The molecule has 1 saturated carbocycles. The van der Waals surface area contributed by atoms with Crippen LogP contribution in [0.2, 0.25) is 0 Å². The first-order valence-corrected chi connectivity index (χ1v) is 9.67. The van der Waals surface area contributed by atoms with Gasteiger partial charge in [0, 0.05) is 30.6 Å². The predicted octanol–water partition coefficient (Wildman–Crippen LogP) is 4.33. The van der Waals surface area contributed by atoms with Crippen molar-refractivity contribution in [2.75, 3.05) is 17.3 Å². The van der Waals surface area contributed by atoms with Crippen LogP contribution in [-0.2, 0) is 4.79 Å². The highest BCUT2D eigenvalue weighted by Crippen LogP contribution is 2.50. The molecule has 2 heterocycles. The Labute approximate surface area is 160 Å². The van der Waals surface area contributed by atoms with E-state index in [-0.39, 0.29) is 23.9 Å². The van der Waals surface area contributed by atoms with E-state index in [1.54, 1.807) is 14.0 Å². The summed E-state index contributed by atoms with van der Waals surface area (Å²) in [5.41, 5.74) is 3.07. The fourth-order valence-electron chi connectivity index (χ4n) is 4.45. The Balaban J connectivity index is 1.80. The number of aryl methyl sites for hydroxylation is 1. The van der Waals surface area contributed by atoms with Crippen molar-refractivity contribution in [3.05, 3.63) is 47.7 Å². The Morgan fingerprint density at radius 1 is 1.26 bits per heavy atom. The lowest BCUT2D eigenvalue weighted by Crippen LogP contribution is -2.51. The van der Waals surface area contributed by atoms with Crippen LogP contribution in [0.25, 0.3) is 0 Å². The van der Waals surface area contributed by atoms with Gasteiger partial charge in [-0.2, -0.15) is 0 Å². The zero-order valence-electron chi connectivity index (χ0n) is 16.4. The summed E-state index contributed by atoms with van der Waals surface area (Å²) in [7, 11) is 1.66. The van der Waals surface area contributed by atoms with Crippen LogP contribution in [-0.4, -0.2) is 24.0 Å². The number of carbonyl (C=O) groups excluding carboxylic acids is 1. The van der Waals surface area contributed by atoms with E-state index in [1.807, 2.05) is 42.2 Å². The smallest absolute Gasteiger partial charge is 0.224 e. The van der Waals surface area contributed by atoms with Gasteiger partial charge in [0.2, 0.25) is 5.91 Å². The molecular formula is C22H27N3O2. The molecule has 0 spiro atoms. The number of fused-ring (bicyclic) bond motifs is 1. The number of carbonyl (C=O) groups is 1. The van der Waals surface area contributed by atoms with Crippen LogP contribution in [0.5, 0.6) is 5.75 Å². The van der Waals surface area contributed by atoms with Gasteiger partial charge in [0.1, 0.15) is 11.6 Å².